The van der Waals surface area contributed by atoms with Crippen molar-refractivity contribution in [1.29, 1.82) is 0 Å². The zero-order chi connectivity index (χ0) is 19.4. The molecule has 0 saturated carbocycles. The number of anilines is 3. The molecule has 0 aliphatic rings. The summed E-state index contributed by atoms with van der Waals surface area (Å²) in [5.74, 6) is 0.156. The van der Waals surface area contributed by atoms with Gasteiger partial charge in [0.2, 0.25) is 5.95 Å². The van der Waals surface area contributed by atoms with Gasteiger partial charge >= 0.3 is 0 Å². The van der Waals surface area contributed by atoms with Crippen LogP contribution in [0.5, 0.6) is 0 Å². The number of carbonyl (C=O) groups is 1. The number of carbonyl (C=O) groups excluding carboxylic acids is 1. The lowest BCUT2D eigenvalue weighted by Crippen LogP contribution is -2.15. The van der Waals surface area contributed by atoms with Crippen LogP contribution in [0.15, 0.2) is 48.5 Å². The van der Waals surface area contributed by atoms with Crippen molar-refractivity contribution in [3.8, 4) is 0 Å². The number of aromatic nitrogens is 2. The van der Waals surface area contributed by atoms with Crippen LogP contribution in [0, 0.1) is 20.8 Å². The third-order valence-corrected chi connectivity index (χ3v) is 4.56. The molecule has 3 rings (SSSR count). The van der Waals surface area contributed by atoms with Crippen LogP contribution >= 0.6 is 0 Å². The Morgan fingerprint density at radius 2 is 1.74 bits per heavy atom. The van der Waals surface area contributed by atoms with Crippen molar-refractivity contribution < 1.29 is 4.79 Å². The maximum Gasteiger partial charge on any atom is 0.274 e. The van der Waals surface area contributed by atoms with Gasteiger partial charge in [-0.3, -0.25) is 4.79 Å². The summed E-state index contributed by atoms with van der Waals surface area (Å²) in [7, 11) is 0. The third kappa shape index (κ3) is 4.50. The Morgan fingerprint density at radius 1 is 1.00 bits per heavy atom. The summed E-state index contributed by atoms with van der Waals surface area (Å²) in [4.78, 5) is 21.4. The summed E-state index contributed by atoms with van der Waals surface area (Å²) in [5, 5.41) is 6.12. The molecule has 0 aliphatic carbocycles. The van der Waals surface area contributed by atoms with Crippen LogP contribution in [-0.2, 0) is 6.42 Å². The smallest absolute Gasteiger partial charge is 0.274 e. The Balaban J connectivity index is 1.81. The van der Waals surface area contributed by atoms with E-state index in [0.29, 0.717) is 11.6 Å². The minimum atomic E-state index is -0.256. The molecule has 27 heavy (non-hydrogen) atoms. The van der Waals surface area contributed by atoms with E-state index in [-0.39, 0.29) is 5.91 Å². The van der Waals surface area contributed by atoms with Crippen LogP contribution in [0.25, 0.3) is 0 Å². The highest BCUT2D eigenvalue weighted by molar-refractivity contribution is 6.03. The molecule has 0 saturated heterocycles. The first-order valence-electron chi connectivity index (χ1n) is 9.05. The number of nitrogens with zero attached hydrogens (tertiary/aromatic N) is 2. The molecular formula is C22H24N4O. The second-order valence-corrected chi connectivity index (χ2v) is 6.60. The molecule has 0 atom stereocenters. The summed E-state index contributed by atoms with van der Waals surface area (Å²) < 4.78 is 0. The molecule has 2 N–H and O–H groups in total. The number of amides is 1. The molecule has 0 unspecified atom stereocenters. The van der Waals surface area contributed by atoms with Gasteiger partial charge in [0.25, 0.3) is 5.91 Å². The van der Waals surface area contributed by atoms with Gasteiger partial charge in [0.05, 0.1) is 0 Å². The molecule has 1 heterocycles. The molecule has 3 aromatic rings. The summed E-state index contributed by atoms with van der Waals surface area (Å²) in [6.07, 6.45) is 0.965. The van der Waals surface area contributed by atoms with Crippen LogP contribution in [0.3, 0.4) is 0 Å². The van der Waals surface area contributed by atoms with Crippen LogP contribution < -0.4 is 10.6 Å². The largest absolute Gasteiger partial charge is 0.324 e. The van der Waals surface area contributed by atoms with Gasteiger partial charge < -0.3 is 10.6 Å². The Bertz CT molecular complexity index is 965. The molecule has 0 bridgehead atoms. The second-order valence-electron chi connectivity index (χ2n) is 6.60. The van der Waals surface area contributed by atoms with Crippen molar-refractivity contribution in [3.05, 3.63) is 76.6 Å². The van der Waals surface area contributed by atoms with Crippen LogP contribution in [-0.4, -0.2) is 15.9 Å². The quantitative estimate of drug-likeness (QED) is 0.675. The van der Waals surface area contributed by atoms with Crippen LogP contribution in [0.1, 0.15) is 39.8 Å². The number of hydrogen-bond acceptors (Lipinski definition) is 4. The van der Waals surface area contributed by atoms with Gasteiger partial charge in [-0.15, -0.1) is 0 Å². The summed E-state index contributed by atoms with van der Waals surface area (Å²) in [6.45, 7) is 8.05. The summed E-state index contributed by atoms with van der Waals surface area (Å²) in [5.41, 5.74) is 6.27. The molecule has 2 aromatic carbocycles. The lowest BCUT2D eigenvalue weighted by Gasteiger charge is -2.12. The maximum absolute atomic E-state index is 12.6. The molecule has 0 radical (unpaired) electrons. The minimum Gasteiger partial charge on any atom is -0.324 e. The predicted octanol–water partition coefficient (Wildman–Crippen LogP) is 4.96. The topological polar surface area (TPSA) is 66.9 Å². The Hall–Kier alpha value is -3.21. The van der Waals surface area contributed by atoms with Crippen molar-refractivity contribution >= 4 is 23.2 Å². The van der Waals surface area contributed by atoms with Gasteiger partial charge in [-0.2, -0.15) is 0 Å². The minimum absolute atomic E-state index is 0.256. The van der Waals surface area contributed by atoms with Crippen molar-refractivity contribution in [2.75, 3.05) is 10.6 Å². The average Bonchev–Trinajstić information content (AvgIpc) is 2.65. The predicted molar refractivity (Wildman–Crippen MR) is 110 cm³/mol. The normalized spacial score (nSPS) is 10.5. The zero-order valence-corrected chi connectivity index (χ0v) is 16.1. The highest BCUT2D eigenvalue weighted by Gasteiger charge is 2.12. The highest BCUT2D eigenvalue weighted by Crippen LogP contribution is 2.21. The van der Waals surface area contributed by atoms with E-state index in [1.165, 1.54) is 11.1 Å². The fourth-order valence-electron chi connectivity index (χ4n) is 2.77. The van der Waals surface area contributed by atoms with Gasteiger partial charge in [-0.25, -0.2) is 9.97 Å². The molecule has 0 spiro atoms. The fourth-order valence-corrected chi connectivity index (χ4v) is 2.77. The highest BCUT2D eigenvalue weighted by atomic mass is 16.1. The number of benzene rings is 2. The van der Waals surface area contributed by atoms with E-state index in [4.69, 9.17) is 0 Å². The van der Waals surface area contributed by atoms with Crippen LogP contribution in [0.4, 0.5) is 17.3 Å². The SMILES string of the molecule is CCc1ccc(NC(=O)c2cc(C)nc(Nc3cccc(C)c3C)n2)cc1. The van der Waals surface area contributed by atoms with Gasteiger partial charge in [0.15, 0.2) is 0 Å². The first-order chi connectivity index (χ1) is 13.0. The first kappa shape index (κ1) is 18.6. The molecule has 0 fully saturated rings. The lowest BCUT2D eigenvalue weighted by molar-refractivity contribution is 0.102. The molecule has 5 heteroatoms. The van der Waals surface area contributed by atoms with E-state index in [0.717, 1.165) is 29.1 Å². The van der Waals surface area contributed by atoms with Gasteiger partial charge in [-0.1, -0.05) is 31.2 Å². The molecule has 0 aliphatic heterocycles. The summed E-state index contributed by atoms with van der Waals surface area (Å²) in [6, 6.07) is 15.5. The summed E-state index contributed by atoms with van der Waals surface area (Å²) >= 11 is 0. The van der Waals surface area contributed by atoms with Crippen molar-refractivity contribution in [3.63, 3.8) is 0 Å². The van der Waals surface area contributed by atoms with Crippen molar-refractivity contribution in [1.82, 2.24) is 9.97 Å². The average molecular weight is 360 g/mol. The standard InChI is InChI=1S/C22H24N4O/c1-5-17-9-11-18(12-10-17)24-21(27)20-13-15(3)23-22(26-20)25-19-8-6-7-14(2)16(19)4/h6-13H,5H2,1-4H3,(H,24,27)(H,23,25,26). The number of hydrogen-bond donors (Lipinski definition) is 2. The molecule has 1 aromatic heterocycles. The Morgan fingerprint density at radius 3 is 2.44 bits per heavy atom. The van der Waals surface area contributed by atoms with E-state index in [1.54, 1.807) is 6.07 Å². The zero-order valence-electron chi connectivity index (χ0n) is 16.1. The molecule has 5 nitrogen and oxygen atoms in total. The van der Waals surface area contributed by atoms with E-state index >= 15 is 0 Å². The monoisotopic (exact) mass is 360 g/mol. The van der Waals surface area contributed by atoms with E-state index in [9.17, 15) is 4.79 Å². The first-order valence-corrected chi connectivity index (χ1v) is 9.05. The van der Waals surface area contributed by atoms with E-state index in [2.05, 4.69) is 40.5 Å². The van der Waals surface area contributed by atoms with Gasteiger partial charge in [0, 0.05) is 17.1 Å². The molecular weight excluding hydrogens is 336 g/mol. The molecule has 138 valence electrons. The fraction of sp³-hybridized carbons (Fsp3) is 0.227. The maximum atomic E-state index is 12.6. The number of nitrogens with one attached hydrogen (secondary N) is 2. The van der Waals surface area contributed by atoms with E-state index < -0.39 is 0 Å². The lowest BCUT2D eigenvalue weighted by atomic mass is 10.1. The molecule has 1 amide bonds. The van der Waals surface area contributed by atoms with Crippen LogP contribution in [0.2, 0.25) is 0 Å². The van der Waals surface area contributed by atoms with Gasteiger partial charge in [0.1, 0.15) is 5.69 Å². The Kier molecular flexibility index (Phi) is 5.50. The third-order valence-electron chi connectivity index (χ3n) is 4.56. The van der Waals surface area contributed by atoms with Crippen molar-refractivity contribution in [2.24, 2.45) is 0 Å². The van der Waals surface area contributed by atoms with Crippen molar-refractivity contribution in [2.45, 2.75) is 34.1 Å². The Labute approximate surface area is 159 Å². The van der Waals surface area contributed by atoms with Gasteiger partial charge in [-0.05, 0) is 68.1 Å². The number of aryl methyl sites for hydroxylation is 3. The second kappa shape index (κ2) is 7.99. The van der Waals surface area contributed by atoms with E-state index in [1.807, 2.05) is 50.2 Å². The number of rotatable bonds is 5.